The van der Waals surface area contributed by atoms with Crippen LogP contribution < -0.4 is 0 Å². The third-order valence-corrected chi connectivity index (χ3v) is 2.60. The van der Waals surface area contributed by atoms with Crippen LogP contribution in [0.25, 0.3) is 0 Å². The van der Waals surface area contributed by atoms with E-state index < -0.39 is 5.97 Å². The maximum atomic E-state index is 10.4. The summed E-state index contributed by atoms with van der Waals surface area (Å²) in [5.74, 6) is -0.782. The molecular formula is C18H30O2. The van der Waals surface area contributed by atoms with Gasteiger partial charge in [-0.1, -0.05) is 62.5 Å². The largest absolute Gasteiger partial charge is 0.481 e. The molecule has 0 bridgehead atoms. The van der Waals surface area contributed by atoms with E-state index in [1.54, 1.807) is 6.92 Å². The molecule has 0 aromatic carbocycles. The standard InChI is InChI=1S/C18H30O2/c1-2-3-4-5-6-7-8-9-10-11-12-13-14-15-16-17-18(19)20/h3-4,6-7,9-10H,2,5,8,11-17H2,1H3,(H,19,20)/b4-3-,7-6-,10-9-/i3D,4D,6D,7D,9D,10D. The van der Waals surface area contributed by atoms with Crippen molar-refractivity contribution in [2.24, 2.45) is 0 Å². The van der Waals surface area contributed by atoms with E-state index in [-0.39, 0.29) is 55.6 Å². The predicted molar refractivity (Wildman–Crippen MR) is 86.9 cm³/mol. The van der Waals surface area contributed by atoms with Gasteiger partial charge in [-0.25, -0.2) is 0 Å². The Morgan fingerprint density at radius 2 is 1.45 bits per heavy atom. The summed E-state index contributed by atoms with van der Waals surface area (Å²) in [5, 5.41) is 8.54. The van der Waals surface area contributed by atoms with Crippen molar-refractivity contribution in [1.82, 2.24) is 0 Å². The lowest BCUT2D eigenvalue weighted by atomic mass is 10.1. The van der Waals surface area contributed by atoms with E-state index in [4.69, 9.17) is 13.3 Å². The first kappa shape index (κ1) is 10.4. The van der Waals surface area contributed by atoms with Gasteiger partial charge in [-0.2, -0.15) is 0 Å². The summed E-state index contributed by atoms with van der Waals surface area (Å²) in [6, 6.07) is 0.180. The van der Waals surface area contributed by atoms with Crippen molar-refractivity contribution in [3.63, 3.8) is 0 Å². The second-order valence-corrected chi connectivity index (χ2v) is 4.43. The van der Waals surface area contributed by atoms with Crippen LogP contribution in [0.15, 0.2) is 36.3 Å². The van der Waals surface area contributed by atoms with Crippen LogP contribution in [-0.4, -0.2) is 11.1 Å². The molecule has 0 saturated heterocycles. The molecule has 0 spiro atoms. The number of carboxylic acid groups (broad SMARTS) is 1. The van der Waals surface area contributed by atoms with E-state index in [2.05, 4.69) is 0 Å². The lowest BCUT2D eigenvalue weighted by molar-refractivity contribution is -0.137. The van der Waals surface area contributed by atoms with Crippen molar-refractivity contribution in [2.75, 3.05) is 0 Å². The number of carboxylic acids is 1. The Bertz CT molecular complexity index is 552. The summed E-state index contributed by atoms with van der Waals surface area (Å²) < 4.78 is 46.7. The van der Waals surface area contributed by atoms with Gasteiger partial charge in [0, 0.05) is 6.42 Å². The zero-order valence-corrected chi connectivity index (χ0v) is 12.4. The van der Waals surface area contributed by atoms with Gasteiger partial charge in [0.1, 0.15) is 0 Å². The van der Waals surface area contributed by atoms with Crippen LogP contribution >= 0.6 is 0 Å². The minimum absolute atomic E-state index is 0.0164. The van der Waals surface area contributed by atoms with Gasteiger partial charge >= 0.3 is 5.97 Å². The summed E-state index contributed by atoms with van der Waals surface area (Å²) in [5.41, 5.74) is 0. The smallest absolute Gasteiger partial charge is 0.303 e. The number of hydrogen-bond donors (Lipinski definition) is 1. The highest BCUT2D eigenvalue weighted by Gasteiger charge is 1.95. The highest BCUT2D eigenvalue weighted by molar-refractivity contribution is 5.66. The molecule has 0 aromatic rings. The van der Waals surface area contributed by atoms with E-state index in [0.29, 0.717) is 19.3 Å². The molecular weight excluding hydrogens is 248 g/mol. The first-order chi connectivity index (χ1) is 12.2. The molecule has 0 unspecified atom stereocenters. The van der Waals surface area contributed by atoms with Crippen LogP contribution in [0.2, 0.25) is 0 Å². The van der Waals surface area contributed by atoms with Crippen LogP contribution in [-0.2, 0) is 4.79 Å². The summed E-state index contributed by atoms with van der Waals surface area (Å²) in [6.07, 6.45) is 4.89. The minimum Gasteiger partial charge on any atom is -0.481 e. The van der Waals surface area contributed by atoms with Gasteiger partial charge in [-0.3, -0.25) is 4.79 Å². The summed E-state index contributed by atoms with van der Waals surface area (Å²) in [4.78, 5) is 10.4. The average Bonchev–Trinajstić information content (AvgIpc) is 2.59. The van der Waals surface area contributed by atoms with Gasteiger partial charge in [0.15, 0.2) is 0 Å². The van der Waals surface area contributed by atoms with Gasteiger partial charge in [0.05, 0.1) is 8.22 Å². The number of allylic oxidation sites excluding steroid dienone is 6. The summed E-state index contributed by atoms with van der Waals surface area (Å²) in [6.45, 7) is 1.76. The van der Waals surface area contributed by atoms with Gasteiger partial charge < -0.3 is 5.11 Å². The van der Waals surface area contributed by atoms with Gasteiger partial charge in [0.2, 0.25) is 0 Å². The Kier molecular flexibility index (Phi) is 8.21. The quantitative estimate of drug-likeness (QED) is 0.350. The molecule has 0 heterocycles. The van der Waals surface area contributed by atoms with Crippen LogP contribution in [0.4, 0.5) is 0 Å². The highest BCUT2D eigenvalue weighted by atomic mass is 16.4. The number of aliphatic carboxylic acids is 1. The molecule has 114 valence electrons. The Labute approximate surface area is 132 Å². The van der Waals surface area contributed by atoms with Crippen molar-refractivity contribution in [1.29, 1.82) is 0 Å². The molecule has 0 saturated carbocycles. The normalized spacial score (nSPS) is 19.2. The maximum absolute atomic E-state index is 10.4. The monoisotopic (exact) mass is 284 g/mol. The molecule has 2 nitrogen and oxygen atoms in total. The summed E-state index contributed by atoms with van der Waals surface area (Å²) in [7, 11) is 0. The molecule has 0 aliphatic carbocycles. The molecule has 2 heteroatoms. The number of unbranched alkanes of at least 4 members (excludes halogenated alkanes) is 4. The van der Waals surface area contributed by atoms with E-state index in [1.807, 2.05) is 0 Å². The Balaban J connectivity index is 4.37. The van der Waals surface area contributed by atoms with Gasteiger partial charge in [0.25, 0.3) is 0 Å². The SMILES string of the molecule is [2H]/C(CC)=C(\[2H])C/C([2H])=C(/[2H])C/C([2H])=C(/[2H])CCCCCCCC(=O)O. The van der Waals surface area contributed by atoms with E-state index >= 15 is 0 Å². The zero-order valence-electron chi connectivity index (χ0n) is 18.4. The number of hydrogen-bond acceptors (Lipinski definition) is 1. The third kappa shape index (κ3) is 16.7. The molecule has 1 N–H and O–H groups in total. The second kappa shape index (κ2) is 15.7. The minimum atomic E-state index is -0.782. The van der Waals surface area contributed by atoms with Crippen molar-refractivity contribution < 1.29 is 18.1 Å². The lowest BCUT2D eigenvalue weighted by Gasteiger charge is -1.98. The molecule has 0 atom stereocenters. The maximum Gasteiger partial charge on any atom is 0.303 e. The molecule has 0 aliphatic rings. The molecule has 0 radical (unpaired) electrons. The Morgan fingerprint density at radius 3 is 2.10 bits per heavy atom. The molecule has 0 rings (SSSR count). The van der Waals surface area contributed by atoms with Crippen molar-refractivity contribution in [3.8, 4) is 0 Å². The van der Waals surface area contributed by atoms with Crippen LogP contribution in [0.3, 0.4) is 0 Å². The fraction of sp³-hybridized carbons (Fsp3) is 0.611. The zero-order chi connectivity index (χ0) is 20.1. The van der Waals surface area contributed by atoms with E-state index in [9.17, 15) is 4.79 Å². The lowest BCUT2D eigenvalue weighted by Crippen LogP contribution is -1.93. The average molecular weight is 284 g/mol. The van der Waals surface area contributed by atoms with E-state index in [0.717, 1.165) is 25.7 Å². The van der Waals surface area contributed by atoms with E-state index in [1.165, 1.54) is 0 Å². The molecule has 20 heavy (non-hydrogen) atoms. The van der Waals surface area contributed by atoms with Crippen LogP contribution in [0.1, 0.15) is 79.4 Å². The van der Waals surface area contributed by atoms with Crippen molar-refractivity contribution >= 4 is 5.97 Å². The van der Waals surface area contributed by atoms with Gasteiger partial charge in [-0.05, 0) is 38.5 Å². The molecule has 0 aliphatic heterocycles. The van der Waals surface area contributed by atoms with Gasteiger partial charge in [-0.15, -0.1) is 0 Å². The number of rotatable bonds is 13. The molecule has 0 aromatic heterocycles. The fourth-order valence-corrected chi connectivity index (χ4v) is 1.57. The topological polar surface area (TPSA) is 37.3 Å². The van der Waals surface area contributed by atoms with Crippen LogP contribution in [0.5, 0.6) is 0 Å². The highest BCUT2D eigenvalue weighted by Crippen LogP contribution is 2.07. The second-order valence-electron chi connectivity index (χ2n) is 4.43. The predicted octanol–water partition coefficient (Wildman–Crippen LogP) is 5.66. The molecule has 0 fully saturated rings. The Morgan fingerprint density at radius 1 is 0.900 bits per heavy atom. The fourth-order valence-electron chi connectivity index (χ4n) is 1.57. The molecule has 0 amide bonds. The number of carbonyl (C=O) groups is 1. The van der Waals surface area contributed by atoms with Crippen molar-refractivity contribution in [2.45, 2.75) is 71.1 Å². The first-order valence-corrected chi connectivity index (χ1v) is 7.36. The van der Waals surface area contributed by atoms with Crippen LogP contribution in [0, 0.1) is 0 Å². The first-order valence-electron chi connectivity index (χ1n) is 10.4. The third-order valence-electron chi connectivity index (χ3n) is 2.60. The van der Waals surface area contributed by atoms with Crippen molar-refractivity contribution in [3.05, 3.63) is 36.3 Å². The Hall–Kier alpha value is -1.31. The summed E-state index contributed by atoms with van der Waals surface area (Å²) >= 11 is 0.